The van der Waals surface area contributed by atoms with Gasteiger partial charge in [-0.1, -0.05) is 18.2 Å². The molecule has 1 fully saturated rings. The van der Waals surface area contributed by atoms with Crippen molar-refractivity contribution in [2.75, 3.05) is 50.5 Å². The number of carbonyl (C=O) groups is 2. The molecule has 2 aromatic carbocycles. The normalized spacial score (nSPS) is 15.7. The number of amides is 2. The van der Waals surface area contributed by atoms with Crippen LogP contribution in [0.4, 0.5) is 11.4 Å². The second kappa shape index (κ2) is 11.1. The molecule has 34 heavy (non-hydrogen) atoms. The zero-order chi connectivity index (χ0) is 24.9. The molecule has 1 aliphatic rings. The molecule has 1 heterocycles. The van der Waals surface area contributed by atoms with Crippen LogP contribution in [0.2, 0.25) is 0 Å². The quantitative estimate of drug-likeness (QED) is 0.590. The van der Waals surface area contributed by atoms with Crippen molar-refractivity contribution >= 4 is 33.2 Å². The Balaban J connectivity index is 1.61. The standard InChI is InChI=1S/C24H32N4O5S/c1-17-8-9-18(2)22(14-17)26-23(29)16-27(4)19(3)24(30)25-20-6-5-7-21(15-20)34(31,32)28-10-12-33-13-11-28/h5-9,14-15,19H,10-13,16H2,1-4H3,(H,25,30)(H,26,29)/t19-/m1/s1. The van der Waals surface area contributed by atoms with Gasteiger partial charge in [-0.3, -0.25) is 14.5 Å². The maximum absolute atomic E-state index is 12.9. The van der Waals surface area contributed by atoms with Gasteiger partial charge in [-0.2, -0.15) is 4.31 Å². The minimum Gasteiger partial charge on any atom is -0.379 e. The lowest BCUT2D eigenvalue weighted by molar-refractivity contribution is -0.122. The van der Waals surface area contributed by atoms with E-state index in [0.29, 0.717) is 32.0 Å². The first-order valence-electron chi connectivity index (χ1n) is 11.1. The number of sulfonamides is 1. The van der Waals surface area contributed by atoms with E-state index in [0.717, 1.165) is 16.8 Å². The van der Waals surface area contributed by atoms with Crippen LogP contribution in [-0.4, -0.2) is 75.4 Å². The molecule has 2 aromatic rings. The molecule has 0 saturated carbocycles. The van der Waals surface area contributed by atoms with Gasteiger partial charge in [0.05, 0.1) is 30.7 Å². The summed E-state index contributed by atoms with van der Waals surface area (Å²) in [5.41, 5.74) is 3.12. The Morgan fingerprint density at radius 1 is 1.09 bits per heavy atom. The molecular formula is C24H32N4O5S. The fraction of sp³-hybridized carbons (Fsp3) is 0.417. The van der Waals surface area contributed by atoms with Crippen molar-refractivity contribution in [3.05, 3.63) is 53.6 Å². The molecule has 184 valence electrons. The van der Waals surface area contributed by atoms with Crippen molar-refractivity contribution in [3.63, 3.8) is 0 Å². The Kier molecular flexibility index (Phi) is 8.42. The zero-order valence-corrected chi connectivity index (χ0v) is 20.8. The monoisotopic (exact) mass is 488 g/mol. The summed E-state index contributed by atoms with van der Waals surface area (Å²) in [4.78, 5) is 27.0. The van der Waals surface area contributed by atoms with E-state index in [-0.39, 0.29) is 23.3 Å². The van der Waals surface area contributed by atoms with Gasteiger partial charge in [0, 0.05) is 24.5 Å². The molecule has 0 aromatic heterocycles. The van der Waals surface area contributed by atoms with Crippen LogP contribution in [0.3, 0.4) is 0 Å². The summed E-state index contributed by atoms with van der Waals surface area (Å²) in [5, 5.41) is 5.65. The summed E-state index contributed by atoms with van der Waals surface area (Å²) in [7, 11) is -1.98. The summed E-state index contributed by atoms with van der Waals surface area (Å²) in [6.45, 7) is 6.89. The Bertz CT molecular complexity index is 1150. The van der Waals surface area contributed by atoms with Crippen molar-refractivity contribution in [2.45, 2.75) is 31.7 Å². The second-order valence-electron chi connectivity index (χ2n) is 8.49. The Labute approximate surface area is 201 Å². The molecule has 2 N–H and O–H groups in total. The Morgan fingerprint density at radius 3 is 2.50 bits per heavy atom. The van der Waals surface area contributed by atoms with Gasteiger partial charge in [-0.25, -0.2) is 8.42 Å². The molecule has 10 heteroatoms. The lowest BCUT2D eigenvalue weighted by Crippen LogP contribution is -2.43. The molecule has 0 aliphatic carbocycles. The highest BCUT2D eigenvalue weighted by Crippen LogP contribution is 2.21. The van der Waals surface area contributed by atoms with Gasteiger partial charge in [0.15, 0.2) is 0 Å². The number of rotatable bonds is 8. The first-order chi connectivity index (χ1) is 16.1. The second-order valence-corrected chi connectivity index (χ2v) is 10.4. The molecule has 1 atom stereocenters. The van der Waals surface area contributed by atoms with Gasteiger partial charge in [-0.05, 0) is 63.2 Å². The van der Waals surface area contributed by atoms with Crippen LogP contribution in [-0.2, 0) is 24.3 Å². The van der Waals surface area contributed by atoms with Crippen LogP contribution in [0.25, 0.3) is 0 Å². The number of carbonyl (C=O) groups excluding carboxylic acids is 2. The fourth-order valence-corrected chi connectivity index (χ4v) is 5.00. The first kappa shape index (κ1) is 25.8. The molecule has 2 amide bonds. The van der Waals surface area contributed by atoms with Crippen LogP contribution in [0.5, 0.6) is 0 Å². The minimum absolute atomic E-state index is 0.0212. The summed E-state index contributed by atoms with van der Waals surface area (Å²) in [6, 6.07) is 11.4. The number of benzene rings is 2. The number of ether oxygens (including phenoxy) is 1. The van der Waals surface area contributed by atoms with E-state index in [1.165, 1.54) is 16.4 Å². The summed E-state index contributed by atoms with van der Waals surface area (Å²) in [5.74, 6) is -0.572. The third-order valence-electron chi connectivity index (χ3n) is 5.81. The highest BCUT2D eigenvalue weighted by molar-refractivity contribution is 7.89. The van der Waals surface area contributed by atoms with Gasteiger partial charge < -0.3 is 15.4 Å². The van der Waals surface area contributed by atoms with E-state index < -0.39 is 16.1 Å². The van der Waals surface area contributed by atoms with E-state index in [2.05, 4.69) is 10.6 Å². The summed E-state index contributed by atoms with van der Waals surface area (Å²) < 4.78 is 32.4. The topological polar surface area (TPSA) is 108 Å². The largest absolute Gasteiger partial charge is 0.379 e. The van der Waals surface area contributed by atoms with E-state index in [9.17, 15) is 18.0 Å². The number of anilines is 2. The molecule has 0 radical (unpaired) electrons. The van der Waals surface area contributed by atoms with Crippen molar-refractivity contribution in [3.8, 4) is 0 Å². The third-order valence-corrected chi connectivity index (χ3v) is 7.70. The van der Waals surface area contributed by atoms with E-state index >= 15 is 0 Å². The SMILES string of the molecule is Cc1ccc(C)c(NC(=O)CN(C)[C@H](C)C(=O)Nc2cccc(S(=O)(=O)N3CCOCC3)c2)c1. The van der Waals surface area contributed by atoms with E-state index in [1.54, 1.807) is 31.0 Å². The van der Waals surface area contributed by atoms with Crippen molar-refractivity contribution < 1.29 is 22.7 Å². The highest BCUT2D eigenvalue weighted by atomic mass is 32.2. The lowest BCUT2D eigenvalue weighted by Gasteiger charge is -2.26. The van der Waals surface area contributed by atoms with Crippen LogP contribution in [0.1, 0.15) is 18.1 Å². The predicted octanol–water partition coefficient (Wildman–Crippen LogP) is 2.22. The van der Waals surface area contributed by atoms with Crippen molar-refractivity contribution in [1.29, 1.82) is 0 Å². The maximum Gasteiger partial charge on any atom is 0.243 e. The van der Waals surface area contributed by atoms with Crippen molar-refractivity contribution in [1.82, 2.24) is 9.21 Å². The Morgan fingerprint density at radius 2 is 1.79 bits per heavy atom. The number of nitrogens with zero attached hydrogens (tertiary/aromatic N) is 2. The first-order valence-corrected chi connectivity index (χ1v) is 12.6. The lowest BCUT2D eigenvalue weighted by atomic mass is 10.1. The molecule has 0 spiro atoms. The van der Waals surface area contributed by atoms with E-state index in [1.807, 2.05) is 32.0 Å². The molecule has 9 nitrogen and oxygen atoms in total. The Hall–Kier alpha value is -2.79. The highest BCUT2D eigenvalue weighted by Gasteiger charge is 2.27. The molecule has 0 unspecified atom stereocenters. The fourth-order valence-electron chi connectivity index (χ4n) is 3.54. The van der Waals surface area contributed by atoms with Crippen LogP contribution in [0, 0.1) is 13.8 Å². The molecule has 1 aliphatic heterocycles. The average Bonchev–Trinajstić information content (AvgIpc) is 2.81. The smallest absolute Gasteiger partial charge is 0.243 e. The average molecular weight is 489 g/mol. The number of hydrogen-bond acceptors (Lipinski definition) is 6. The third kappa shape index (κ3) is 6.41. The number of aryl methyl sites for hydroxylation is 2. The maximum atomic E-state index is 12.9. The number of likely N-dealkylation sites (N-methyl/N-ethyl adjacent to an activating group) is 1. The van der Waals surface area contributed by atoms with Crippen molar-refractivity contribution in [2.24, 2.45) is 0 Å². The van der Waals surface area contributed by atoms with Gasteiger partial charge in [0.2, 0.25) is 21.8 Å². The minimum atomic E-state index is -3.67. The molecule has 1 saturated heterocycles. The van der Waals surface area contributed by atoms with Gasteiger partial charge in [0.1, 0.15) is 0 Å². The number of morpholine rings is 1. The van der Waals surface area contributed by atoms with Crippen LogP contribution in [0.15, 0.2) is 47.4 Å². The summed E-state index contributed by atoms with van der Waals surface area (Å²) >= 11 is 0. The van der Waals surface area contributed by atoms with Gasteiger partial charge >= 0.3 is 0 Å². The zero-order valence-electron chi connectivity index (χ0n) is 20.0. The van der Waals surface area contributed by atoms with Gasteiger partial charge in [0.25, 0.3) is 0 Å². The number of hydrogen-bond donors (Lipinski definition) is 2. The predicted molar refractivity (Wildman–Crippen MR) is 131 cm³/mol. The summed E-state index contributed by atoms with van der Waals surface area (Å²) in [6.07, 6.45) is 0. The van der Waals surface area contributed by atoms with Crippen LogP contribution >= 0.6 is 0 Å². The number of nitrogens with one attached hydrogen (secondary N) is 2. The molecular weight excluding hydrogens is 456 g/mol. The van der Waals surface area contributed by atoms with Gasteiger partial charge in [-0.15, -0.1) is 0 Å². The molecule has 3 rings (SSSR count). The van der Waals surface area contributed by atoms with E-state index in [4.69, 9.17) is 4.74 Å². The van der Waals surface area contributed by atoms with Crippen LogP contribution < -0.4 is 10.6 Å². The molecule has 0 bridgehead atoms.